The van der Waals surface area contributed by atoms with Gasteiger partial charge in [-0.05, 0) is 31.2 Å². The summed E-state index contributed by atoms with van der Waals surface area (Å²) in [6.07, 6.45) is -4.73. The van der Waals surface area contributed by atoms with E-state index in [-0.39, 0.29) is 34.2 Å². The molecule has 9 heteroatoms. The van der Waals surface area contributed by atoms with Gasteiger partial charge in [0.1, 0.15) is 29.3 Å². The molecule has 2 aromatic rings. The van der Waals surface area contributed by atoms with Crippen LogP contribution in [0.1, 0.15) is 18.2 Å². The number of aromatic nitrogens is 1. The Labute approximate surface area is 156 Å². The van der Waals surface area contributed by atoms with E-state index in [1.54, 1.807) is 0 Å². The summed E-state index contributed by atoms with van der Waals surface area (Å²) in [5.41, 5.74) is 2.76. The van der Waals surface area contributed by atoms with E-state index in [0.29, 0.717) is 0 Å². The van der Waals surface area contributed by atoms with Crippen molar-refractivity contribution >= 4 is 23.1 Å². The minimum atomic E-state index is -4.73. The minimum absolute atomic E-state index is 0.0141. The Balaban J connectivity index is 2.30. The number of benzene rings is 1. The van der Waals surface area contributed by atoms with E-state index in [1.165, 1.54) is 19.1 Å². The quantitative estimate of drug-likeness (QED) is 0.783. The first-order valence-corrected chi connectivity index (χ1v) is 8.03. The third-order valence-electron chi connectivity index (χ3n) is 4.46. The van der Waals surface area contributed by atoms with E-state index in [1.807, 2.05) is 0 Å². The summed E-state index contributed by atoms with van der Waals surface area (Å²) >= 11 is 5.78. The predicted octanol–water partition coefficient (Wildman–Crippen LogP) is 4.25. The van der Waals surface area contributed by atoms with Crippen molar-refractivity contribution in [2.45, 2.75) is 18.5 Å². The van der Waals surface area contributed by atoms with Gasteiger partial charge in [0.15, 0.2) is 0 Å². The third kappa shape index (κ3) is 3.14. The van der Waals surface area contributed by atoms with Crippen LogP contribution in [0.5, 0.6) is 5.75 Å². The van der Waals surface area contributed by atoms with E-state index >= 15 is 0 Å². The number of alkyl halides is 3. The standard InChI is InChI=1S/C18H13ClF4N2O2/c1-8(18(21,22)23)13-6-10-15(27-7-17(10,2)16(24)26)14(25-13)9-3-4-12(20)11(19)5-9/h3-6H,1,7H2,2H3,(H2,24,26)/t17-/m0/s1. The fraction of sp³-hybridized carbons (Fsp3) is 0.222. The maximum absolute atomic E-state index is 13.5. The van der Waals surface area contributed by atoms with Crippen LogP contribution in [0, 0.1) is 5.82 Å². The molecule has 0 fully saturated rings. The monoisotopic (exact) mass is 400 g/mol. The summed E-state index contributed by atoms with van der Waals surface area (Å²) in [4.78, 5) is 15.9. The SMILES string of the molecule is C=C(c1cc2c(c(-c3ccc(F)c(Cl)c3)n1)OC[C@]2(C)C(N)=O)C(F)(F)F. The number of halogens is 5. The molecule has 0 spiro atoms. The molecule has 0 saturated carbocycles. The van der Waals surface area contributed by atoms with Crippen molar-refractivity contribution in [1.82, 2.24) is 4.98 Å². The molecule has 3 rings (SSSR count). The molecular formula is C18H13ClF4N2O2. The Morgan fingerprint density at radius 3 is 2.59 bits per heavy atom. The predicted molar refractivity (Wildman–Crippen MR) is 91.8 cm³/mol. The molecule has 1 aromatic carbocycles. The van der Waals surface area contributed by atoms with Gasteiger partial charge in [-0.3, -0.25) is 4.79 Å². The van der Waals surface area contributed by atoms with E-state index in [9.17, 15) is 22.4 Å². The number of fused-ring (bicyclic) bond motifs is 1. The largest absolute Gasteiger partial charge is 0.489 e. The lowest BCUT2D eigenvalue weighted by Crippen LogP contribution is -2.39. The molecule has 0 bridgehead atoms. The van der Waals surface area contributed by atoms with Gasteiger partial charge in [-0.1, -0.05) is 18.2 Å². The van der Waals surface area contributed by atoms with Gasteiger partial charge in [-0.15, -0.1) is 0 Å². The summed E-state index contributed by atoms with van der Waals surface area (Å²) in [7, 11) is 0. The van der Waals surface area contributed by atoms with E-state index in [2.05, 4.69) is 11.6 Å². The fourth-order valence-corrected chi connectivity index (χ4v) is 2.91. The second kappa shape index (κ2) is 6.23. The molecule has 1 atom stereocenters. The molecule has 2 heterocycles. The fourth-order valence-electron chi connectivity index (χ4n) is 2.73. The second-order valence-electron chi connectivity index (χ2n) is 6.32. The topological polar surface area (TPSA) is 65.2 Å². The van der Waals surface area contributed by atoms with Gasteiger partial charge >= 0.3 is 6.18 Å². The zero-order chi connectivity index (χ0) is 20.1. The highest BCUT2D eigenvalue weighted by atomic mass is 35.5. The van der Waals surface area contributed by atoms with Gasteiger partial charge in [-0.25, -0.2) is 9.37 Å². The number of carbonyl (C=O) groups is 1. The molecule has 1 aliphatic rings. The highest BCUT2D eigenvalue weighted by Crippen LogP contribution is 2.46. The number of pyridine rings is 1. The average molecular weight is 401 g/mol. The van der Waals surface area contributed by atoms with Crippen LogP contribution >= 0.6 is 11.6 Å². The first-order chi connectivity index (χ1) is 12.4. The molecule has 1 aliphatic heterocycles. The Morgan fingerprint density at radius 2 is 2.04 bits per heavy atom. The first kappa shape index (κ1) is 19.2. The van der Waals surface area contributed by atoms with Crippen LogP contribution in [0.4, 0.5) is 17.6 Å². The van der Waals surface area contributed by atoms with Gasteiger partial charge in [-0.2, -0.15) is 13.2 Å². The maximum Gasteiger partial charge on any atom is 0.417 e. The summed E-state index contributed by atoms with van der Waals surface area (Å²) < 4.78 is 58.5. The van der Waals surface area contributed by atoms with Gasteiger partial charge in [0.05, 0.1) is 16.3 Å². The lowest BCUT2D eigenvalue weighted by molar-refractivity contribution is -0.123. The number of hydrogen-bond donors (Lipinski definition) is 1. The zero-order valence-electron chi connectivity index (χ0n) is 14.0. The molecule has 4 nitrogen and oxygen atoms in total. The molecule has 2 N–H and O–H groups in total. The van der Waals surface area contributed by atoms with Crippen LogP contribution in [-0.4, -0.2) is 23.7 Å². The molecule has 0 unspecified atom stereocenters. The Kier molecular flexibility index (Phi) is 4.42. The van der Waals surface area contributed by atoms with Crippen molar-refractivity contribution in [3.05, 3.63) is 52.9 Å². The van der Waals surface area contributed by atoms with Gasteiger partial charge in [0.2, 0.25) is 5.91 Å². The van der Waals surface area contributed by atoms with Crippen molar-refractivity contribution < 1.29 is 27.1 Å². The zero-order valence-corrected chi connectivity index (χ0v) is 14.7. The van der Waals surface area contributed by atoms with Gasteiger partial charge in [0.25, 0.3) is 0 Å². The first-order valence-electron chi connectivity index (χ1n) is 7.65. The number of primary amides is 1. The van der Waals surface area contributed by atoms with Crippen molar-refractivity contribution in [1.29, 1.82) is 0 Å². The van der Waals surface area contributed by atoms with Crippen molar-refractivity contribution in [2.75, 3.05) is 6.61 Å². The van der Waals surface area contributed by atoms with E-state index < -0.39 is 34.6 Å². The highest BCUT2D eigenvalue weighted by molar-refractivity contribution is 6.31. The Bertz CT molecular complexity index is 975. The molecule has 1 aromatic heterocycles. The summed E-state index contributed by atoms with van der Waals surface area (Å²) in [5, 5.41) is -0.237. The van der Waals surface area contributed by atoms with E-state index in [0.717, 1.165) is 12.1 Å². The van der Waals surface area contributed by atoms with Gasteiger partial charge < -0.3 is 10.5 Å². The molecule has 0 saturated heterocycles. The molecular weight excluding hydrogens is 388 g/mol. The summed E-state index contributed by atoms with van der Waals surface area (Å²) in [5.74, 6) is -1.37. The van der Waals surface area contributed by atoms with Crippen LogP contribution in [0.15, 0.2) is 30.8 Å². The Morgan fingerprint density at radius 1 is 1.37 bits per heavy atom. The number of amides is 1. The number of rotatable bonds is 3. The van der Waals surface area contributed by atoms with Crippen molar-refractivity contribution in [2.24, 2.45) is 5.73 Å². The van der Waals surface area contributed by atoms with Crippen LogP contribution in [0.2, 0.25) is 5.02 Å². The van der Waals surface area contributed by atoms with Crippen molar-refractivity contribution in [3.8, 4) is 17.0 Å². The van der Waals surface area contributed by atoms with E-state index in [4.69, 9.17) is 22.1 Å². The van der Waals surface area contributed by atoms with Crippen molar-refractivity contribution in [3.63, 3.8) is 0 Å². The number of nitrogens with two attached hydrogens (primary N) is 1. The number of carbonyl (C=O) groups excluding carboxylic acids is 1. The number of hydrogen-bond acceptors (Lipinski definition) is 3. The maximum atomic E-state index is 13.5. The van der Waals surface area contributed by atoms with Crippen LogP contribution in [0.25, 0.3) is 16.8 Å². The number of ether oxygens (including phenoxy) is 1. The lowest BCUT2D eigenvalue weighted by Gasteiger charge is -2.19. The van der Waals surface area contributed by atoms with Crippen LogP contribution < -0.4 is 10.5 Å². The highest BCUT2D eigenvalue weighted by Gasteiger charge is 2.45. The number of nitrogens with zero attached hydrogens (tertiary/aromatic N) is 1. The summed E-state index contributed by atoms with van der Waals surface area (Å²) in [6, 6.07) is 4.66. The smallest absolute Gasteiger partial charge is 0.417 e. The normalized spacial score (nSPS) is 18.7. The third-order valence-corrected chi connectivity index (χ3v) is 4.75. The molecule has 0 radical (unpaired) electrons. The molecule has 1 amide bonds. The van der Waals surface area contributed by atoms with Crippen LogP contribution in [0.3, 0.4) is 0 Å². The Hall–Kier alpha value is -2.61. The molecule has 0 aliphatic carbocycles. The minimum Gasteiger partial charge on any atom is -0.489 e. The molecule has 27 heavy (non-hydrogen) atoms. The number of allylic oxidation sites excluding steroid dienone is 1. The average Bonchev–Trinajstić information content (AvgIpc) is 2.94. The van der Waals surface area contributed by atoms with Crippen LogP contribution in [-0.2, 0) is 10.2 Å². The summed E-state index contributed by atoms with van der Waals surface area (Å²) in [6.45, 7) is 4.35. The lowest BCUT2D eigenvalue weighted by atomic mass is 9.83. The molecule has 142 valence electrons. The van der Waals surface area contributed by atoms with Gasteiger partial charge in [0, 0.05) is 11.1 Å². The second-order valence-corrected chi connectivity index (χ2v) is 6.73.